The highest BCUT2D eigenvalue weighted by Crippen LogP contribution is 2.23. The lowest BCUT2D eigenvalue weighted by atomic mass is 10.2. The fraction of sp³-hybridized carbons (Fsp3) is 0.375. The first-order valence-corrected chi connectivity index (χ1v) is 7.79. The molecule has 0 spiro atoms. The summed E-state index contributed by atoms with van der Waals surface area (Å²) in [6.07, 6.45) is -1.62. The van der Waals surface area contributed by atoms with Crippen molar-refractivity contribution in [3.63, 3.8) is 0 Å². The van der Waals surface area contributed by atoms with Gasteiger partial charge in [-0.15, -0.1) is 0 Å². The smallest absolute Gasteiger partial charge is 0.282 e. The maximum absolute atomic E-state index is 13.0. The van der Waals surface area contributed by atoms with Crippen LogP contribution >= 0.6 is 11.6 Å². The lowest BCUT2D eigenvalue weighted by Crippen LogP contribution is -2.41. The van der Waals surface area contributed by atoms with Crippen LogP contribution in [0.1, 0.15) is 29.4 Å². The van der Waals surface area contributed by atoms with Gasteiger partial charge in [0.1, 0.15) is 18.1 Å². The maximum atomic E-state index is 13.0. The number of carbonyl (C=O) groups excluding carboxylic acids is 1. The molecule has 25 heavy (non-hydrogen) atoms. The van der Waals surface area contributed by atoms with E-state index in [2.05, 4.69) is 5.10 Å². The van der Waals surface area contributed by atoms with E-state index in [-0.39, 0.29) is 12.2 Å². The summed E-state index contributed by atoms with van der Waals surface area (Å²) in [6, 6.07) is 6.18. The number of hydrogen-bond donors (Lipinski definition) is 0. The van der Waals surface area contributed by atoms with Gasteiger partial charge in [0.05, 0.1) is 18.7 Å². The molecule has 0 aliphatic heterocycles. The molecule has 1 aromatic carbocycles. The predicted molar refractivity (Wildman–Crippen MR) is 87.8 cm³/mol. The number of aromatic nitrogens is 2. The zero-order chi connectivity index (χ0) is 18.6. The maximum Gasteiger partial charge on any atom is 0.282 e. The standard InChI is InChI=1S/C16H18ClF2N3O3/c1-10(9-25-12-6-4-11(17)5-7-12)22(24-3)16(23)13-8-21(2)20-14(13)15(18)19/h4-8,10,15H,9H2,1-3H3. The molecule has 0 N–H and O–H groups in total. The van der Waals surface area contributed by atoms with Crippen LogP contribution in [0.3, 0.4) is 0 Å². The Bertz CT molecular complexity index is 722. The van der Waals surface area contributed by atoms with Crippen molar-refractivity contribution in [2.45, 2.75) is 19.4 Å². The molecular formula is C16H18ClF2N3O3. The van der Waals surface area contributed by atoms with E-state index in [1.165, 1.54) is 20.4 Å². The molecule has 1 aromatic heterocycles. The third-order valence-electron chi connectivity index (χ3n) is 3.40. The zero-order valence-electron chi connectivity index (χ0n) is 13.9. The van der Waals surface area contributed by atoms with Crippen molar-refractivity contribution in [2.24, 2.45) is 7.05 Å². The van der Waals surface area contributed by atoms with E-state index in [9.17, 15) is 13.6 Å². The zero-order valence-corrected chi connectivity index (χ0v) is 14.7. The fourth-order valence-electron chi connectivity index (χ4n) is 2.23. The molecular weight excluding hydrogens is 356 g/mol. The summed E-state index contributed by atoms with van der Waals surface area (Å²) in [4.78, 5) is 17.6. The van der Waals surface area contributed by atoms with Gasteiger partial charge in [0, 0.05) is 18.3 Å². The van der Waals surface area contributed by atoms with E-state index in [1.807, 2.05) is 0 Å². The van der Waals surface area contributed by atoms with Gasteiger partial charge in [0.15, 0.2) is 0 Å². The molecule has 0 saturated carbocycles. The molecule has 136 valence electrons. The van der Waals surface area contributed by atoms with Crippen molar-refractivity contribution in [2.75, 3.05) is 13.7 Å². The summed E-state index contributed by atoms with van der Waals surface area (Å²) in [6.45, 7) is 1.78. The first kappa shape index (κ1) is 19.1. The van der Waals surface area contributed by atoms with Crippen LogP contribution in [0.15, 0.2) is 30.5 Å². The molecule has 0 aliphatic rings. The van der Waals surface area contributed by atoms with Crippen LogP contribution in [0.4, 0.5) is 8.78 Å². The first-order chi connectivity index (χ1) is 11.8. The number of hydrogen-bond acceptors (Lipinski definition) is 4. The molecule has 2 aromatic rings. The number of ether oxygens (including phenoxy) is 1. The van der Waals surface area contributed by atoms with Gasteiger partial charge in [0.2, 0.25) is 0 Å². The molecule has 0 saturated heterocycles. The summed E-state index contributed by atoms with van der Waals surface area (Å²) in [7, 11) is 2.75. The molecule has 0 aliphatic carbocycles. The summed E-state index contributed by atoms with van der Waals surface area (Å²) in [5.74, 6) is -0.146. The Morgan fingerprint density at radius 2 is 2.00 bits per heavy atom. The van der Waals surface area contributed by atoms with Gasteiger partial charge >= 0.3 is 0 Å². The SMILES string of the molecule is CON(C(=O)c1cn(C)nc1C(F)F)C(C)COc1ccc(Cl)cc1. The molecule has 1 unspecified atom stereocenters. The van der Waals surface area contributed by atoms with Crippen molar-refractivity contribution in [3.05, 3.63) is 46.7 Å². The minimum atomic E-state index is -2.86. The van der Waals surface area contributed by atoms with Gasteiger partial charge < -0.3 is 4.74 Å². The van der Waals surface area contributed by atoms with Crippen LogP contribution in [0, 0.1) is 0 Å². The molecule has 6 nitrogen and oxygen atoms in total. The summed E-state index contributed by atoms with van der Waals surface area (Å²) >= 11 is 5.80. The topological polar surface area (TPSA) is 56.6 Å². The fourth-order valence-corrected chi connectivity index (χ4v) is 2.35. The van der Waals surface area contributed by atoms with Crippen molar-refractivity contribution in [1.29, 1.82) is 0 Å². The molecule has 1 heterocycles. The van der Waals surface area contributed by atoms with Gasteiger partial charge in [-0.25, -0.2) is 13.8 Å². The van der Waals surface area contributed by atoms with Gasteiger partial charge in [-0.05, 0) is 31.2 Å². The molecule has 0 bridgehead atoms. The van der Waals surface area contributed by atoms with E-state index in [0.29, 0.717) is 10.8 Å². The third kappa shape index (κ3) is 4.67. The second-order valence-electron chi connectivity index (χ2n) is 5.33. The van der Waals surface area contributed by atoms with Gasteiger partial charge in [-0.1, -0.05) is 11.6 Å². The average molecular weight is 374 g/mol. The lowest BCUT2D eigenvalue weighted by Gasteiger charge is -2.26. The van der Waals surface area contributed by atoms with Crippen molar-refractivity contribution in [1.82, 2.24) is 14.8 Å². The first-order valence-electron chi connectivity index (χ1n) is 7.41. The Balaban J connectivity index is 2.09. The Labute approximate surface area is 148 Å². The highest BCUT2D eigenvalue weighted by atomic mass is 35.5. The number of rotatable bonds is 7. The van der Waals surface area contributed by atoms with E-state index < -0.39 is 24.1 Å². The monoisotopic (exact) mass is 373 g/mol. The summed E-state index contributed by atoms with van der Waals surface area (Å²) < 4.78 is 32.8. The number of alkyl halides is 2. The van der Waals surface area contributed by atoms with Crippen LogP contribution in [0.25, 0.3) is 0 Å². The van der Waals surface area contributed by atoms with Crippen molar-refractivity contribution >= 4 is 17.5 Å². The quantitative estimate of drug-likeness (QED) is 0.697. The average Bonchev–Trinajstić information content (AvgIpc) is 2.97. The third-order valence-corrected chi connectivity index (χ3v) is 3.65. The van der Waals surface area contributed by atoms with Crippen LogP contribution < -0.4 is 4.74 Å². The predicted octanol–water partition coefficient (Wildman–Crippen LogP) is 3.48. The molecule has 2 rings (SSSR count). The minimum Gasteiger partial charge on any atom is -0.491 e. The lowest BCUT2D eigenvalue weighted by molar-refractivity contribution is -0.126. The molecule has 0 fully saturated rings. The molecule has 1 amide bonds. The Hall–Kier alpha value is -2.19. The summed E-state index contributed by atoms with van der Waals surface area (Å²) in [5.41, 5.74) is -0.793. The van der Waals surface area contributed by atoms with E-state index in [0.717, 1.165) is 9.75 Å². The normalized spacial score (nSPS) is 12.3. The van der Waals surface area contributed by atoms with E-state index in [4.69, 9.17) is 21.2 Å². The minimum absolute atomic E-state index is 0.103. The van der Waals surface area contributed by atoms with Gasteiger partial charge in [0.25, 0.3) is 12.3 Å². The van der Waals surface area contributed by atoms with E-state index >= 15 is 0 Å². The second-order valence-corrected chi connectivity index (χ2v) is 5.77. The van der Waals surface area contributed by atoms with Gasteiger partial charge in [-0.2, -0.15) is 5.10 Å². The second kappa shape index (κ2) is 8.26. The number of hydroxylamine groups is 2. The highest BCUT2D eigenvalue weighted by Gasteiger charge is 2.29. The van der Waals surface area contributed by atoms with E-state index in [1.54, 1.807) is 31.2 Å². The largest absolute Gasteiger partial charge is 0.491 e. The Morgan fingerprint density at radius 3 is 2.56 bits per heavy atom. The van der Waals surface area contributed by atoms with Crippen molar-refractivity contribution < 1.29 is 23.1 Å². The number of nitrogens with zero attached hydrogens (tertiary/aromatic N) is 3. The Kier molecular flexibility index (Phi) is 6.33. The van der Waals surface area contributed by atoms with Crippen LogP contribution in [0.2, 0.25) is 5.02 Å². The van der Waals surface area contributed by atoms with Crippen LogP contribution in [0.5, 0.6) is 5.75 Å². The number of aryl methyl sites for hydroxylation is 1. The number of benzene rings is 1. The molecule has 0 radical (unpaired) electrons. The highest BCUT2D eigenvalue weighted by molar-refractivity contribution is 6.30. The number of amides is 1. The molecule has 1 atom stereocenters. The summed E-state index contributed by atoms with van der Waals surface area (Å²) in [5, 5.41) is 5.19. The number of halogens is 3. The van der Waals surface area contributed by atoms with Gasteiger partial charge in [-0.3, -0.25) is 14.3 Å². The molecule has 9 heteroatoms. The Morgan fingerprint density at radius 1 is 1.36 bits per heavy atom. The number of carbonyl (C=O) groups is 1. The van der Waals surface area contributed by atoms with Crippen LogP contribution in [-0.4, -0.2) is 40.5 Å². The van der Waals surface area contributed by atoms with Crippen LogP contribution in [-0.2, 0) is 11.9 Å². The van der Waals surface area contributed by atoms with Crippen molar-refractivity contribution in [3.8, 4) is 5.75 Å².